The number of carbonyl (C=O) groups is 1. The van der Waals surface area contributed by atoms with Crippen LogP contribution >= 0.6 is 0 Å². The maximum Gasteiger partial charge on any atom is 0.270 e. The first-order valence-corrected chi connectivity index (χ1v) is 10.4. The summed E-state index contributed by atoms with van der Waals surface area (Å²) in [6, 6.07) is 7.28. The Kier molecular flexibility index (Phi) is 5.22. The number of hydrogen-bond acceptors (Lipinski definition) is 6. The molecule has 0 aliphatic carbocycles. The minimum Gasteiger partial charge on any atom is -0.347 e. The fourth-order valence-electron chi connectivity index (χ4n) is 3.05. The highest BCUT2D eigenvalue weighted by Crippen LogP contribution is 2.24. The molecule has 2 N–H and O–H groups in total. The van der Waals surface area contributed by atoms with Gasteiger partial charge in [0.25, 0.3) is 5.91 Å². The van der Waals surface area contributed by atoms with Crippen LogP contribution in [0.5, 0.6) is 0 Å². The highest BCUT2D eigenvalue weighted by atomic mass is 32.2. The van der Waals surface area contributed by atoms with Crippen LogP contribution in [0.15, 0.2) is 30.6 Å². The number of benzene rings is 1. The van der Waals surface area contributed by atoms with Crippen molar-refractivity contribution in [3.05, 3.63) is 47.4 Å². The van der Waals surface area contributed by atoms with E-state index >= 15 is 0 Å². The Labute approximate surface area is 153 Å². The third-order valence-corrected chi connectivity index (χ3v) is 6.23. The van der Waals surface area contributed by atoms with E-state index in [4.69, 9.17) is 0 Å². The number of sulfone groups is 1. The number of amides is 1. The van der Waals surface area contributed by atoms with Crippen molar-refractivity contribution >= 4 is 27.2 Å². The van der Waals surface area contributed by atoms with Gasteiger partial charge in [0.15, 0.2) is 9.84 Å². The lowest BCUT2D eigenvalue weighted by molar-refractivity contribution is 0.0936. The molecule has 1 atom stereocenters. The van der Waals surface area contributed by atoms with E-state index in [0.717, 1.165) is 23.2 Å². The Bertz CT molecular complexity index is 928. The average molecular weight is 374 g/mol. The molecular weight excluding hydrogens is 352 g/mol. The maximum atomic E-state index is 12.4. The van der Waals surface area contributed by atoms with Gasteiger partial charge in [-0.05, 0) is 30.9 Å². The summed E-state index contributed by atoms with van der Waals surface area (Å²) >= 11 is 0. The van der Waals surface area contributed by atoms with Gasteiger partial charge in [-0.2, -0.15) is 0 Å². The molecule has 1 aliphatic heterocycles. The number of aromatic nitrogens is 2. The van der Waals surface area contributed by atoms with Crippen molar-refractivity contribution < 1.29 is 13.2 Å². The molecule has 1 aliphatic rings. The predicted molar refractivity (Wildman–Crippen MR) is 100 cm³/mol. The molecule has 0 bridgehead atoms. The van der Waals surface area contributed by atoms with E-state index in [2.05, 4.69) is 27.5 Å². The number of rotatable bonds is 5. The van der Waals surface area contributed by atoms with Crippen LogP contribution in [0.25, 0.3) is 0 Å². The Hall–Kier alpha value is -2.48. The van der Waals surface area contributed by atoms with Gasteiger partial charge in [-0.1, -0.05) is 25.1 Å². The fourth-order valence-corrected chi connectivity index (χ4v) is 4.72. The summed E-state index contributed by atoms with van der Waals surface area (Å²) in [4.78, 5) is 20.6. The molecule has 1 aromatic heterocycles. The molecule has 0 radical (unpaired) electrons. The van der Waals surface area contributed by atoms with E-state index in [1.807, 2.05) is 25.1 Å². The van der Waals surface area contributed by atoms with Crippen LogP contribution in [0.3, 0.4) is 0 Å². The van der Waals surface area contributed by atoms with Crippen molar-refractivity contribution in [2.45, 2.75) is 32.7 Å². The van der Waals surface area contributed by atoms with Crippen molar-refractivity contribution in [3.8, 4) is 0 Å². The summed E-state index contributed by atoms with van der Waals surface area (Å²) in [6.45, 7) is 4.09. The SMILES string of the molecule is CCc1cccc(C)c1Nc1cc(C(=O)NC2CCS(=O)(=O)C2)ncn1. The van der Waals surface area contributed by atoms with Crippen LogP contribution in [0.4, 0.5) is 11.5 Å². The van der Waals surface area contributed by atoms with Crippen molar-refractivity contribution in [2.24, 2.45) is 0 Å². The van der Waals surface area contributed by atoms with E-state index in [1.54, 1.807) is 6.07 Å². The summed E-state index contributed by atoms with van der Waals surface area (Å²) in [7, 11) is -3.04. The normalized spacial score (nSPS) is 18.5. The number of nitrogens with zero attached hydrogens (tertiary/aromatic N) is 2. The minimum atomic E-state index is -3.04. The molecular formula is C18H22N4O3S. The van der Waals surface area contributed by atoms with Crippen LogP contribution in [-0.2, 0) is 16.3 Å². The molecule has 7 nitrogen and oxygen atoms in total. The molecule has 1 unspecified atom stereocenters. The number of para-hydroxylation sites is 1. The zero-order chi connectivity index (χ0) is 18.7. The second-order valence-corrected chi connectivity index (χ2v) is 8.68. The quantitative estimate of drug-likeness (QED) is 0.830. The lowest BCUT2D eigenvalue weighted by Gasteiger charge is -2.14. The zero-order valence-corrected chi connectivity index (χ0v) is 15.6. The lowest BCUT2D eigenvalue weighted by Crippen LogP contribution is -2.36. The number of nitrogens with one attached hydrogen (secondary N) is 2. The van der Waals surface area contributed by atoms with Crippen LogP contribution in [0.2, 0.25) is 0 Å². The topological polar surface area (TPSA) is 101 Å². The number of anilines is 2. The standard InChI is InChI=1S/C18H22N4O3S/c1-3-13-6-4-5-12(2)17(13)22-16-9-15(19-11-20-16)18(23)21-14-7-8-26(24,25)10-14/h4-6,9,11,14H,3,7-8,10H2,1-2H3,(H,21,23)(H,19,20,22). The molecule has 1 amide bonds. The van der Waals surface area contributed by atoms with Crippen LogP contribution < -0.4 is 10.6 Å². The molecule has 1 saturated heterocycles. The third kappa shape index (κ3) is 4.19. The van der Waals surface area contributed by atoms with Gasteiger partial charge in [0.2, 0.25) is 0 Å². The van der Waals surface area contributed by atoms with Crippen LogP contribution in [-0.4, -0.2) is 41.8 Å². The zero-order valence-electron chi connectivity index (χ0n) is 14.8. The van der Waals surface area contributed by atoms with E-state index in [0.29, 0.717) is 12.2 Å². The molecule has 8 heteroatoms. The fraction of sp³-hybridized carbons (Fsp3) is 0.389. The molecule has 138 valence electrons. The summed E-state index contributed by atoms with van der Waals surface area (Å²) in [5.74, 6) is 0.228. The monoisotopic (exact) mass is 374 g/mol. The second-order valence-electron chi connectivity index (χ2n) is 6.45. The Balaban J connectivity index is 1.75. The first-order valence-electron chi connectivity index (χ1n) is 8.57. The van der Waals surface area contributed by atoms with Gasteiger partial charge in [-0.3, -0.25) is 4.79 Å². The molecule has 0 saturated carbocycles. The summed E-state index contributed by atoms with van der Waals surface area (Å²) in [5.41, 5.74) is 3.43. The van der Waals surface area contributed by atoms with Crippen LogP contribution in [0, 0.1) is 6.92 Å². The molecule has 2 heterocycles. The minimum absolute atomic E-state index is 0.0159. The first-order chi connectivity index (χ1) is 12.4. The van der Waals surface area contributed by atoms with Crippen molar-refractivity contribution in [1.29, 1.82) is 0 Å². The Morgan fingerprint density at radius 2 is 2.12 bits per heavy atom. The average Bonchev–Trinajstić information content (AvgIpc) is 2.95. The Morgan fingerprint density at radius 1 is 1.31 bits per heavy atom. The van der Waals surface area contributed by atoms with E-state index in [-0.39, 0.29) is 23.2 Å². The molecule has 3 rings (SSSR count). The summed E-state index contributed by atoms with van der Waals surface area (Å²) < 4.78 is 23.0. The predicted octanol–water partition coefficient (Wildman–Crippen LogP) is 2.01. The lowest BCUT2D eigenvalue weighted by atomic mass is 10.1. The first kappa shape index (κ1) is 18.3. The Morgan fingerprint density at radius 3 is 2.81 bits per heavy atom. The van der Waals surface area contributed by atoms with Gasteiger partial charge >= 0.3 is 0 Å². The van der Waals surface area contributed by atoms with Crippen molar-refractivity contribution in [3.63, 3.8) is 0 Å². The van der Waals surface area contributed by atoms with Crippen molar-refractivity contribution in [1.82, 2.24) is 15.3 Å². The molecule has 0 spiro atoms. The van der Waals surface area contributed by atoms with E-state index in [9.17, 15) is 13.2 Å². The van der Waals surface area contributed by atoms with E-state index < -0.39 is 15.7 Å². The van der Waals surface area contributed by atoms with Crippen molar-refractivity contribution in [2.75, 3.05) is 16.8 Å². The highest BCUT2D eigenvalue weighted by Gasteiger charge is 2.29. The van der Waals surface area contributed by atoms with Gasteiger partial charge in [0.1, 0.15) is 17.8 Å². The molecule has 26 heavy (non-hydrogen) atoms. The number of hydrogen-bond donors (Lipinski definition) is 2. The second kappa shape index (κ2) is 7.41. The largest absolute Gasteiger partial charge is 0.347 e. The smallest absolute Gasteiger partial charge is 0.270 e. The molecule has 1 aromatic carbocycles. The summed E-state index contributed by atoms with van der Waals surface area (Å²) in [6.07, 6.45) is 2.64. The third-order valence-electron chi connectivity index (χ3n) is 4.46. The van der Waals surface area contributed by atoms with Gasteiger partial charge in [0.05, 0.1) is 11.5 Å². The van der Waals surface area contributed by atoms with Gasteiger partial charge in [-0.25, -0.2) is 18.4 Å². The molecule has 1 fully saturated rings. The van der Waals surface area contributed by atoms with Crippen LogP contribution in [0.1, 0.15) is 35.0 Å². The van der Waals surface area contributed by atoms with E-state index in [1.165, 1.54) is 6.33 Å². The number of carbonyl (C=O) groups excluding carboxylic acids is 1. The maximum absolute atomic E-state index is 12.4. The van der Waals surface area contributed by atoms with Gasteiger partial charge < -0.3 is 10.6 Å². The summed E-state index contributed by atoms with van der Waals surface area (Å²) in [5, 5.41) is 6.01. The number of aryl methyl sites for hydroxylation is 2. The molecule has 2 aromatic rings. The highest BCUT2D eigenvalue weighted by molar-refractivity contribution is 7.91. The van der Waals surface area contributed by atoms with Gasteiger partial charge in [-0.15, -0.1) is 0 Å². The van der Waals surface area contributed by atoms with Gasteiger partial charge in [0, 0.05) is 17.8 Å².